The van der Waals surface area contributed by atoms with Crippen LogP contribution < -0.4 is 10.7 Å². The molecule has 1 aliphatic rings. The maximum atomic E-state index is 12.3. The van der Waals surface area contributed by atoms with Gasteiger partial charge in [-0.05, 0) is 30.7 Å². The summed E-state index contributed by atoms with van der Waals surface area (Å²) in [6, 6.07) is 1.40. The highest BCUT2D eigenvalue weighted by atomic mass is 32.1. The standard InChI is InChI=1S/C15H16N2O2S/c1-9-2-3-10-11(8-20-14(10)6-9)15(19)17-12-7-16-5-4-13(12)18/h4-5,7-9H,2-3,6H2,1H3,(H,16,18)(H,17,19). The van der Waals surface area contributed by atoms with E-state index < -0.39 is 0 Å². The molecule has 2 heterocycles. The van der Waals surface area contributed by atoms with E-state index in [9.17, 15) is 9.59 Å². The number of aromatic nitrogens is 1. The predicted molar refractivity (Wildman–Crippen MR) is 80.5 cm³/mol. The quantitative estimate of drug-likeness (QED) is 0.892. The Labute approximate surface area is 120 Å². The second-order valence-corrected chi connectivity index (χ2v) is 6.24. The summed E-state index contributed by atoms with van der Waals surface area (Å²) in [6.07, 6.45) is 6.19. The smallest absolute Gasteiger partial charge is 0.256 e. The first-order chi connectivity index (χ1) is 9.65. The van der Waals surface area contributed by atoms with Crippen LogP contribution in [0.1, 0.15) is 34.1 Å². The average molecular weight is 288 g/mol. The number of carbonyl (C=O) groups is 1. The first kappa shape index (κ1) is 13.1. The molecule has 3 rings (SSSR count). The number of thiophene rings is 1. The van der Waals surface area contributed by atoms with Crippen molar-refractivity contribution in [1.82, 2.24) is 4.98 Å². The molecule has 0 aromatic carbocycles. The van der Waals surface area contributed by atoms with Gasteiger partial charge in [0.25, 0.3) is 5.91 Å². The minimum atomic E-state index is -0.186. The van der Waals surface area contributed by atoms with E-state index in [0.717, 1.165) is 30.4 Å². The van der Waals surface area contributed by atoms with E-state index in [-0.39, 0.29) is 11.3 Å². The molecule has 0 aliphatic heterocycles. The number of amides is 1. The minimum absolute atomic E-state index is 0.185. The number of hydrogen-bond acceptors (Lipinski definition) is 3. The van der Waals surface area contributed by atoms with Gasteiger partial charge in [0.2, 0.25) is 5.43 Å². The van der Waals surface area contributed by atoms with Crippen molar-refractivity contribution in [2.45, 2.75) is 26.2 Å². The zero-order chi connectivity index (χ0) is 14.1. The number of H-pyrrole nitrogens is 1. The van der Waals surface area contributed by atoms with E-state index in [0.29, 0.717) is 11.6 Å². The van der Waals surface area contributed by atoms with Crippen LogP contribution in [0.4, 0.5) is 5.69 Å². The largest absolute Gasteiger partial charge is 0.366 e. The maximum Gasteiger partial charge on any atom is 0.256 e. The van der Waals surface area contributed by atoms with E-state index in [1.807, 2.05) is 5.38 Å². The van der Waals surface area contributed by atoms with Gasteiger partial charge in [0.1, 0.15) is 5.69 Å². The number of nitrogens with one attached hydrogen (secondary N) is 2. The van der Waals surface area contributed by atoms with Crippen molar-refractivity contribution in [2.75, 3.05) is 5.32 Å². The van der Waals surface area contributed by atoms with Crippen LogP contribution in [0.3, 0.4) is 0 Å². The Morgan fingerprint density at radius 2 is 2.35 bits per heavy atom. The molecule has 0 saturated carbocycles. The SMILES string of the molecule is CC1CCc2c(C(=O)Nc3c[nH]ccc3=O)csc2C1. The van der Waals surface area contributed by atoms with E-state index in [4.69, 9.17) is 0 Å². The number of aromatic amines is 1. The van der Waals surface area contributed by atoms with Crippen LogP contribution in [0.25, 0.3) is 0 Å². The van der Waals surface area contributed by atoms with Crippen molar-refractivity contribution in [2.24, 2.45) is 5.92 Å². The van der Waals surface area contributed by atoms with Gasteiger partial charge in [-0.2, -0.15) is 0 Å². The van der Waals surface area contributed by atoms with E-state index in [2.05, 4.69) is 17.2 Å². The Bertz CT molecular complexity index is 702. The monoisotopic (exact) mass is 288 g/mol. The van der Waals surface area contributed by atoms with Crippen LogP contribution in [0.2, 0.25) is 0 Å². The van der Waals surface area contributed by atoms with Gasteiger partial charge in [0.15, 0.2) is 0 Å². The second-order valence-electron chi connectivity index (χ2n) is 5.28. The van der Waals surface area contributed by atoms with Gasteiger partial charge in [0.05, 0.1) is 5.56 Å². The minimum Gasteiger partial charge on any atom is -0.366 e. The van der Waals surface area contributed by atoms with Crippen molar-refractivity contribution in [3.05, 3.63) is 50.1 Å². The van der Waals surface area contributed by atoms with E-state index in [1.54, 1.807) is 17.5 Å². The lowest BCUT2D eigenvalue weighted by Gasteiger charge is -2.18. The van der Waals surface area contributed by atoms with Crippen molar-refractivity contribution < 1.29 is 4.79 Å². The zero-order valence-electron chi connectivity index (χ0n) is 11.2. The Morgan fingerprint density at radius 3 is 3.15 bits per heavy atom. The summed E-state index contributed by atoms with van der Waals surface area (Å²) in [6.45, 7) is 2.24. The third kappa shape index (κ3) is 2.41. The molecule has 2 aromatic rings. The topological polar surface area (TPSA) is 62.0 Å². The van der Waals surface area contributed by atoms with Crippen LogP contribution in [-0.2, 0) is 12.8 Å². The molecule has 0 saturated heterocycles. The summed E-state index contributed by atoms with van der Waals surface area (Å²) < 4.78 is 0. The first-order valence-corrected chi connectivity index (χ1v) is 7.61. The molecule has 4 nitrogen and oxygen atoms in total. The van der Waals surface area contributed by atoms with Gasteiger partial charge in [-0.1, -0.05) is 6.92 Å². The van der Waals surface area contributed by atoms with E-state index in [1.165, 1.54) is 17.1 Å². The molecule has 1 atom stereocenters. The van der Waals surface area contributed by atoms with Crippen LogP contribution in [-0.4, -0.2) is 10.9 Å². The zero-order valence-corrected chi connectivity index (χ0v) is 12.0. The Morgan fingerprint density at radius 1 is 1.50 bits per heavy atom. The molecule has 5 heteroatoms. The molecule has 104 valence electrons. The fraction of sp³-hybridized carbons (Fsp3) is 0.333. The highest BCUT2D eigenvalue weighted by molar-refractivity contribution is 7.10. The molecular formula is C15H16N2O2S. The lowest BCUT2D eigenvalue weighted by Crippen LogP contribution is -2.20. The molecule has 1 unspecified atom stereocenters. The third-order valence-electron chi connectivity index (χ3n) is 3.72. The number of hydrogen-bond donors (Lipinski definition) is 2. The Kier molecular flexibility index (Phi) is 3.44. The highest BCUT2D eigenvalue weighted by Gasteiger charge is 2.23. The van der Waals surface area contributed by atoms with Gasteiger partial charge >= 0.3 is 0 Å². The van der Waals surface area contributed by atoms with Crippen LogP contribution in [0.15, 0.2) is 28.6 Å². The number of carbonyl (C=O) groups excluding carboxylic acids is 1. The molecule has 2 N–H and O–H groups in total. The fourth-order valence-electron chi connectivity index (χ4n) is 2.57. The summed E-state index contributed by atoms with van der Waals surface area (Å²) in [5.41, 5.74) is 1.99. The van der Waals surface area contributed by atoms with Gasteiger partial charge < -0.3 is 10.3 Å². The highest BCUT2D eigenvalue weighted by Crippen LogP contribution is 2.32. The molecular weight excluding hydrogens is 272 g/mol. The summed E-state index contributed by atoms with van der Waals surface area (Å²) >= 11 is 1.65. The summed E-state index contributed by atoms with van der Waals surface area (Å²) in [5.74, 6) is 0.503. The molecule has 0 radical (unpaired) electrons. The maximum absolute atomic E-state index is 12.3. The lowest BCUT2D eigenvalue weighted by atomic mass is 9.88. The molecule has 2 aromatic heterocycles. The van der Waals surface area contributed by atoms with Crippen LogP contribution >= 0.6 is 11.3 Å². The molecule has 0 fully saturated rings. The number of fused-ring (bicyclic) bond motifs is 1. The van der Waals surface area contributed by atoms with Gasteiger partial charge in [-0.15, -0.1) is 11.3 Å². The number of pyridine rings is 1. The normalized spacial score (nSPS) is 17.6. The third-order valence-corrected chi connectivity index (χ3v) is 4.77. The van der Waals surface area contributed by atoms with Crippen molar-refractivity contribution in [1.29, 1.82) is 0 Å². The predicted octanol–water partition coefficient (Wildman–Crippen LogP) is 2.81. The van der Waals surface area contributed by atoms with Gasteiger partial charge in [-0.25, -0.2) is 0 Å². The first-order valence-electron chi connectivity index (χ1n) is 6.73. The van der Waals surface area contributed by atoms with Crippen LogP contribution in [0.5, 0.6) is 0 Å². The molecule has 20 heavy (non-hydrogen) atoms. The summed E-state index contributed by atoms with van der Waals surface area (Å²) in [7, 11) is 0. The Hall–Kier alpha value is -1.88. The fourth-order valence-corrected chi connectivity index (χ4v) is 3.82. The van der Waals surface area contributed by atoms with Gasteiger partial charge in [0, 0.05) is 28.7 Å². The van der Waals surface area contributed by atoms with Crippen molar-refractivity contribution in [3.8, 4) is 0 Å². The average Bonchev–Trinajstić information content (AvgIpc) is 2.84. The summed E-state index contributed by atoms with van der Waals surface area (Å²) in [4.78, 5) is 28.1. The number of anilines is 1. The molecule has 1 aliphatic carbocycles. The van der Waals surface area contributed by atoms with E-state index >= 15 is 0 Å². The van der Waals surface area contributed by atoms with Crippen LogP contribution in [0, 0.1) is 5.92 Å². The lowest BCUT2D eigenvalue weighted by molar-refractivity contribution is 0.102. The second kappa shape index (κ2) is 5.25. The van der Waals surface area contributed by atoms with Crippen molar-refractivity contribution in [3.63, 3.8) is 0 Å². The molecule has 1 amide bonds. The number of rotatable bonds is 2. The summed E-state index contributed by atoms with van der Waals surface area (Å²) in [5, 5.41) is 4.61. The van der Waals surface area contributed by atoms with Gasteiger partial charge in [-0.3, -0.25) is 9.59 Å². The molecule has 0 bridgehead atoms. The van der Waals surface area contributed by atoms with Crippen molar-refractivity contribution >= 4 is 22.9 Å². The Balaban J connectivity index is 1.85. The molecule has 0 spiro atoms.